The standard InChI is InChI=1S/C14H24N2O2S/c1-3-11-16-19(17,18)14-9-7-13(8-10-14)6-5-12-15-4-2/h7-10,15-16H,3-6,11-12H2,1-2H3. The van der Waals surface area contributed by atoms with Gasteiger partial charge in [-0.05, 0) is 50.0 Å². The zero-order valence-electron chi connectivity index (χ0n) is 11.8. The number of hydrogen-bond acceptors (Lipinski definition) is 3. The molecule has 0 spiro atoms. The van der Waals surface area contributed by atoms with Crippen molar-refractivity contribution in [3.8, 4) is 0 Å². The van der Waals surface area contributed by atoms with Gasteiger partial charge in [0.05, 0.1) is 4.90 Å². The van der Waals surface area contributed by atoms with Crippen LogP contribution in [0.3, 0.4) is 0 Å². The molecule has 2 N–H and O–H groups in total. The molecule has 0 aliphatic carbocycles. The first-order valence-corrected chi connectivity index (χ1v) is 8.37. The average Bonchev–Trinajstić information content (AvgIpc) is 2.42. The highest BCUT2D eigenvalue weighted by Crippen LogP contribution is 2.11. The molecule has 0 bridgehead atoms. The van der Waals surface area contributed by atoms with E-state index in [1.54, 1.807) is 12.1 Å². The number of sulfonamides is 1. The Labute approximate surface area is 116 Å². The highest BCUT2D eigenvalue weighted by Gasteiger charge is 2.12. The maximum Gasteiger partial charge on any atom is 0.240 e. The van der Waals surface area contributed by atoms with Gasteiger partial charge in [0.15, 0.2) is 0 Å². The second-order valence-electron chi connectivity index (χ2n) is 4.50. The summed E-state index contributed by atoms with van der Waals surface area (Å²) >= 11 is 0. The molecular weight excluding hydrogens is 260 g/mol. The van der Waals surface area contributed by atoms with Crippen LogP contribution in [0.25, 0.3) is 0 Å². The maximum atomic E-state index is 11.9. The van der Waals surface area contributed by atoms with Gasteiger partial charge >= 0.3 is 0 Å². The zero-order valence-corrected chi connectivity index (χ0v) is 12.6. The number of aryl methyl sites for hydroxylation is 1. The number of rotatable bonds is 9. The van der Waals surface area contributed by atoms with E-state index >= 15 is 0 Å². The van der Waals surface area contributed by atoms with Crippen molar-refractivity contribution in [3.05, 3.63) is 29.8 Å². The molecule has 19 heavy (non-hydrogen) atoms. The Morgan fingerprint density at radius 2 is 1.74 bits per heavy atom. The highest BCUT2D eigenvalue weighted by molar-refractivity contribution is 7.89. The van der Waals surface area contributed by atoms with Crippen LogP contribution in [0.1, 0.15) is 32.3 Å². The summed E-state index contributed by atoms with van der Waals surface area (Å²) in [5.74, 6) is 0. The molecule has 5 heteroatoms. The summed E-state index contributed by atoms with van der Waals surface area (Å²) in [4.78, 5) is 0.344. The molecule has 0 heterocycles. The molecule has 4 nitrogen and oxygen atoms in total. The van der Waals surface area contributed by atoms with E-state index in [4.69, 9.17) is 0 Å². The minimum absolute atomic E-state index is 0.344. The van der Waals surface area contributed by atoms with Gasteiger partial charge in [-0.25, -0.2) is 13.1 Å². The topological polar surface area (TPSA) is 58.2 Å². The van der Waals surface area contributed by atoms with Gasteiger partial charge in [0, 0.05) is 6.54 Å². The highest BCUT2D eigenvalue weighted by atomic mass is 32.2. The van der Waals surface area contributed by atoms with Crippen molar-refractivity contribution >= 4 is 10.0 Å². The third kappa shape index (κ3) is 5.72. The molecule has 0 atom stereocenters. The van der Waals surface area contributed by atoms with Crippen LogP contribution in [0.15, 0.2) is 29.2 Å². The van der Waals surface area contributed by atoms with Crippen molar-refractivity contribution in [3.63, 3.8) is 0 Å². The lowest BCUT2D eigenvalue weighted by atomic mass is 10.1. The van der Waals surface area contributed by atoms with E-state index in [1.807, 2.05) is 19.1 Å². The molecule has 108 valence electrons. The van der Waals surface area contributed by atoms with Gasteiger partial charge < -0.3 is 5.32 Å². The number of hydrogen-bond donors (Lipinski definition) is 2. The summed E-state index contributed by atoms with van der Waals surface area (Å²) in [6.45, 7) is 6.49. The van der Waals surface area contributed by atoms with E-state index in [2.05, 4.69) is 17.0 Å². The van der Waals surface area contributed by atoms with Gasteiger partial charge in [-0.15, -0.1) is 0 Å². The van der Waals surface area contributed by atoms with Crippen molar-refractivity contribution in [2.75, 3.05) is 19.6 Å². The summed E-state index contributed by atoms with van der Waals surface area (Å²) in [5, 5.41) is 3.27. The summed E-state index contributed by atoms with van der Waals surface area (Å²) in [5.41, 5.74) is 1.17. The lowest BCUT2D eigenvalue weighted by molar-refractivity contribution is 0.580. The third-order valence-electron chi connectivity index (χ3n) is 2.84. The largest absolute Gasteiger partial charge is 0.317 e. The van der Waals surface area contributed by atoms with E-state index in [0.717, 1.165) is 32.4 Å². The van der Waals surface area contributed by atoms with Gasteiger partial charge in [-0.1, -0.05) is 26.0 Å². The normalized spacial score (nSPS) is 11.7. The predicted molar refractivity (Wildman–Crippen MR) is 78.8 cm³/mol. The molecule has 0 saturated carbocycles. The van der Waals surface area contributed by atoms with E-state index < -0.39 is 10.0 Å². The zero-order chi connectivity index (χ0) is 14.1. The molecule has 0 saturated heterocycles. The second-order valence-corrected chi connectivity index (χ2v) is 6.27. The average molecular weight is 284 g/mol. The summed E-state index contributed by atoms with van der Waals surface area (Å²) < 4.78 is 26.3. The van der Waals surface area contributed by atoms with Crippen molar-refractivity contribution in [1.82, 2.24) is 10.0 Å². The summed E-state index contributed by atoms with van der Waals surface area (Å²) in [7, 11) is -3.33. The molecule has 0 aromatic heterocycles. The Balaban J connectivity index is 2.56. The Hall–Kier alpha value is -0.910. The van der Waals surface area contributed by atoms with Crippen LogP contribution in [-0.2, 0) is 16.4 Å². The maximum absolute atomic E-state index is 11.9. The van der Waals surface area contributed by atoms with E-state index in [1.165, 1.54) is 5.56 Å². The van der Waals surface area contributed by atoms with Crippen LogP contribution in [-0.4, -0.2) is 28.1 Å². The fourth-order valence-electron chi connectivity index (χ4n) is 1.75. The summed E-state index contributed by atoms with van der Waals surface area (Å²) in [6, 6.07) is 7.15. The fourth-order valence-corrected chi connectivity index (χ4v) is 2.88. The van der Waals surface area contributed by atoms with Crippen LogP contribution in [0, 0.1) is 0 Å². The minimum atomic E-state index is -3.33. The quantitative estimate of drug-likeness (QED) is 0.681. The lowest BCUT2D eigenvalue weighted by Crippen LogP contribution is -2.24. The smallest absolute Gasteiger partial charge is 0.240 e. The molecule has 1 aromatic rings. The number of benzene rings is 1. The fraction of sp³-hybridized carbons (Fsp3) is 0.571. The van der Waals surface area contributed by atoms with Gasteiger partial charge in [-0.3, -0.25) is 0 Å². The molecule has 0 radical (unpaired) electrons. The Morgan fingerprint density at radius 3 is 2.32 bits per heavy atom. The van der Waals surface area contributed by atoms with Crippen molar-refractivity contribution < 1.29 is 8.42 Å². The predicted octanol–water partition coefficient (Wildman–Crippen LogP) is 1.92. The second kappa shape index (κ2) is 8.30. The molecule has 0 aliphatic heterocycles. The van der Waals surface area contributed by atoms with Crippen LogP contribution < -0.4 is 10.0 Å². The van der Waals surface area contributed by atoms with Crippen molar-refractivity contribution in [2.24, 2.45) is 0 Å². The van der Waals surface area contributed by atoms with Gasteiger partial charge in [-0.2, -0.15) is 0 Å². The van der Waals surface area contributed by atoms with Crippen LogP contribution in [0.2, 0.25) is 0 Å². The molecule has 0 amide bonds. The molecular formula is C14H24N2O2S. The Bertz CT molecular complexity index is 455. The molecule has 1 aromatic carbocycles. The molecule has 1 rings (SSSR count). The number of nitrogens with one attached hydrogen (secondary N) is 2. The lowest BCUT2D eigenvalue weighted by Gasteiger charge is -2.07. The third-order valence-corrected chi connectivity index (χ3v) is 4.32. The van der Waals surface area contributed by atoms with Crippen LogP contribution >= 0.6 is 0 Å². The van der Waals surface area contributed by atoms with Crippen LogP contribution in [0.5, 0.6) is 0 Å². The van der Waals surface area contributed by atoms with Crippen molar-refractivity contribution in [1.29, 1.82) is 0 Å². The Kier molecular flexibility index (Phi) is 7.05. The monoisotopic (exact) mass is 284 g/mol. The van der Waals surface area contributed by atoms with Gasteiger partial charge in [0.25, 0.3) is 0 Å². The first-order valence-electron chi connectivity index (χ1n) is 6.89. The molecule has 0 aliphatic rings. The van der Waals surface area contributed by atoms with E-state index in [9.17, 15) is 8.42 Å². The Morgan fingerprint density at radius 1 is 1.05 bits per heavy atom. The van der Waals surface area contributed by atoms with Crippen molar-refractivity contribution in [2.45, 2.75) is 38.0 Å². The van der Waals surface area contributed by atoms with Crippen LogP contribution in [0.4, 0.5) is 0 Å². The first-order chi connectivity index (χ1) is 9.10. The summed E-state index contributed by atoms with van der Waals surface area (Å²) in [6.07, 6.45) is 2.82. The van der Waals surface area contributed by atoms with E-state index in [-0.39, 0.29) is 0 Å². The first kappa shape index (κ1) is 16.1. The molecule has 0 fully saturated rings. The SMILES string of the molecule is CCCNS(=O)(=O)c1ccc(CCCNCC)cc1. The van der Waals surface area contributed by atoms with Gasteiger partial charge in [0.1, 0.15) is 0 Å². The minimum Gasteiger partial charge on any atom is -0.317 e. The van der Waals surface area contributed by atoms with E-state index in [0.29, 0.717) is 11.4 Å². The molecule has 0 unspecified atom stereocenters. The van der Waals surface area contributed by atoms with Gasteiger partial charge in [0.2, 0.25) is 10.0 Å².